The predicted molar refractivity (Wildman–Crippen MR) is 17.1 cm³/mol. The molecule has 0 saturated carbocycles. The Balaban J connectivity index is 2.80. The van der Waals surface area contributed by atoms with Crippen LogP contribution in [0.3, 0.4) is 0 Å². The molecule has 0 aromatic carbocycles. The molecule has 0 aromatic rings. The van der Waals surface area contributed by atoms with E-state index in [0.29, 0.717) is 0 Å². The van der Waals surface area contributed by atoms with E-state index in [-0.39, 0.29) is 5.76 Å². The number of aliphatic hydroxyl groups excluding tert-OH is 1. The van der Waals surface area contributed by atoms with E-state index < -0.39 is 0 Å². The average molecular weight is 57.1 g/mol. The van der Waals surface area contributed by atoms with Crippen molar-refractivity contribution in [3.05, 3.63) is 19.3 Å². The van der Waals surface area contributed by atoms with Gasteiger partial charge in [-0.25, -0.2) is 0 Å². The molecule has 0 aliphatic rings. The lowest BCUT2D eigenvalue weighted by Crippen LogP contribution is -1.55. The molecule has 0 spiro atoms. The normalized spacial score (nSPS) is 6.00. The van der Waals surface area contributed by atoms with Gasteiger partial charge in [-0.3, -0.25) is 0 Å². The SMILES string of the molecule is C=C([CH2+])O. The standard InChI is InChI=1S/C3H4O/c1-3(2)4/h1-2H2/p+1. The van der Waals surface area contributed by atoms with Crippen LogP contribution in [-0.2, 0) is 0 Å². The summed E-state index contributed by atoms with van der Waals surface area (Å²) in [6.45, 7) is 6.00. The van der Waals surface area contributed by atoms with Crippen LogP contribution < -0.4 is 0 Å². The molecule has 0 atom stereocenters. The van der Waals surface area contributed by atoms with Crippen LogP contribution in [0.15, 0.2) is 12.3 Å². The van der Waals surface area contributed by atoms with Gasteiger partial charge in [-0.1, -0.05) is 0 Å². The highest BCUT2D eigenvalue weighted by molar-refractivity contribution is 4.80. The molecule has 0 rings (SSSR count). The molecule has 1 N–H and O–H groups in total. The molecule has 0 aromatic heterocycles. The van der Waals surface area contributed by atoms with Crippen molar-refractivity contribution in [3.8, 4) is 0 Å². The Hall–Kier alpha value is -0.590. The molecule has 22 valence electrons. The van der Waals surface area contributed by atoms with Gasteiger partial charge in [0, 0.05) is 0 Å². The highest BCUT2D eigenvalue weighted by atomic mass is 16.3. The van der Waals surface area contributed by atoms with E-state index in [4.69, 9.17) is 5.11 Å². The van der Waals surface area contributed by atoms with Gasteiger partial charge in [-0.05, 0) is 0 Å². The van der Waals surface area contributed by atoms with Gasteiger partial charge < -0.3 is 5.11 Å². The van der Waals surface area contributed by atoms with Crippen molar-refractivity contribution in [2.24, 2.45) is 0 Å². The fraction of sp³-hybridized carbons (Fsp3) is 0. The van der Waals surface area contributed by atoms with E-state index in [1.54, 1.807) is 0 Å². The second-order valence-electron chi connectivity index (χ2n) is 0.566. The van der Waals surface area contributed by atoms with Gasteiger partial charge in [-0.15, -0.1) is 0 Å². The van der Waals surface area contributed by atoms with E-state index in [2.05, 4.69) is 13.5 Å². The predicted octanol–water partition coefficient (Wildman–Crippen LogP) is 0.892. The molecule has 0 amide bonds. The zero-order chi connectivity index (χ0) is 3.58. The first kappa shape index (κ1) is 3.41. The minimum absolute atomic E-state index is 0.0833. The van der Waals surface area contributed by atoms with Crippen molar-refractivity contribution < 1.29 is 5.11 Å². The number of aliphatic hydroxyl groups is 1. The van der Waals surface area contributed by atoms with Crippen molar-refractivity contribution in [2.45, 2.75) is 0 Å². The molecule has 0 heterocycles. The van der Waals surface area contributed by atoms with Crippen LogP contribution in [0.1, 0.15) is 0 Å². The Bertz CT molecular complexity index is 26.3. The molecule has 0 unspecified atom stereocenters. The van der Waals surface area contributed by atoms with Crippen LogP contribution in [0.5, 0.6) is 0 Å². The van der Waals surface area contributed by atoms with Crippen molar-refractivity contribution in [2.75, 3.05) is 0 Å². The Morgan fingerprint density at radius 2 is 2.00 bits per heavy atom. The maximum absolute atomic E-state index is 7.75. The van der Waals surface area contributed by atoms with Crippen molar-refractivity contribution in [3.63, 3.8) is 0 Å². The number of hydrogen-bond acceptors (Lipinski definition) is 1. The van der Waals surface area contributed by atoms with Crippen molar-refractivity contribution >= 4 is 0 Å². The lowest BCUT2D eigenvalue weighted by atomic mass is 10.7. The van der Waals surface area contributed by atoms with Gasteiger partial charge in [0.2, 0.25) is 0 Å². The van der Waals surface area contributed by atoms with Gasteiger partial charge in [0.15, 0.2) is 0 Å². The van der Waals surface area contributed by atoms with E-state index in [1.165, 1.54) is 0 Å². The summed E-state index contributed by atoms with van der Waals surface area (Å²) in [6, 6.07) is 0. The summed E-state index contributed by atoms with van der Waals surface area (Å²) in [5.41, 5.74) is 0. The molecule has 4 heavy (non-hydrogen) atoms. The third-order valence-corrected chi connectivity index (χ3v) is 0. The van der Waals surface area contributed by atoms with E-state index in [1.807, 2.05) is 0 Å². The molecule has 0 saturated heterocycles. The Morgan fingerprint density at radius 1 is 2.00 bits per heavy atom. The maximum atomic E-state index is 7.75. The fourth-order valence-electron chi connectivity index (χ4n) is 0. The zero-order valence-corrected chi connectivity index (χ0v) is 2.36. The number of rotatable bonds is 0. The number of allylic oxidation sites excluding steroid dienone is 1. The van der Waals surface area contributed by atoms with Gasteiger partial charge in [0.1, 0.15) is 0 Å². The highest BCUT2D eigenvalue weighted by Gasteiger charge is 1.67. The summed E-state index contributed by atoms with van der Waals surface area (Å²) in [6.07, 6.45) is 0. The molecule has 0 bridgehead atoms. The molecule has 0 fully saturated rings. The molecular formula is C3H5O+. The van der Waals surface area contributed by atoms with Gasteiger partial charge in [0.25, 0.3) is 5.76 Å². The molecular weight excluding hydrogens is 52.0 g/mol. The third kappa shape index (κ3) is 0.681. The minimum Gasteiger partial charge on any atom is -0.478 e. The maximum Gasteiger partial charge on any atom is 0.267 e. The van der Waals surface area contributed by atoms with Crippen LogP contribution in [-0.4, -0.2) is 5.11 Å². The first-order valence-electron chi connectivity index (χ1n) is 0.931. The second kappa shape index (κ2) is 0.825. The first-order valence-corrected chi connectivity index (χ1v) is 0.931. The highest BCUT2D eigenvalue weighted by Crippen LogP contribution is 1.65. The molecule has 1 nitrogen and oxygen atoms in total. The van der Waals surface area contributed by atoms with Crippen molar-refractivity contribution in [1.29, 1.82) is 0 Å². The summed E-state index contributed by atoms with van der Waals surface area (Å²) in [5.74, 6) is -0.0833. The fourth-order valence-corrected chi connectivity index (χ4v) is 0. The number of hydrogen-bond donors (Lipinski definition) is 1. The molecule has 0 radical (unpaired) electrons. The van der Waals surface area contributed by atoms with E-state index in [0.717, 1.165) is 0 Å². The van der Waals surface area contributed by atoms with Crippen LogP contribution in [0.4, 0.5) is 0 Å². The quantitative estimate of drug-likeness (QED) is 0.323. The van der Waals surface area contributed by atoms with Gasteiger partial charge >= 0.3 is 0 Å². The lowest BCUT2D eigenvalue weighted by Gasteiger charge is -1.57. The second-order valence-corrected chi connectivity index (χ2v) is 0.566. The van der Waals surface area contributed by atoms with Crippen LogP contribution in [0.25, 0.3) is 0 Å². The Morgan fingerprint density at radius 3 is 2.00 bits per heavy atom. The Kier molecular flexibility index (Phi) is 0.703. The third-order valence-electron chi connectivity index (χ3n) is 0. The van der Waals surface area contributed by atoms with Gasteiger partial charge in [-0.2, -0.15) is 0 Å². The van der Waals surface area contributed by atoms with Crippen LogP contribution >= 0.6 is 0 Å². The van der Waals surface area contributed by atoms with Crippen LogP contribution in [0.2, 0.25) is 0 Å². The van der Waals surface area contributed by atoms with Crippen molar-refractivity contribution in [1.82, 2.24) is 0 Å². The van der Waals surface area contributed by atoms with Crippen LogP contribution in [0, 0.1) is 6.92 Å². The summed E-state index contributed by atoms with van der Waals surface area (Å²) >= 11 is 0. The lowest BCUT2D eigenvalue weighted by molar-refractivity contribution is 0.434. The summed E-state index contributed by atoms with van der Waals surface area (Å²) in [7, 11) is 0. The Labute approximate surface area is 25.6 Å². The minimum atomic E-state index is -0.0833. The van der Waals surface area contributed by atoms with E-state index >= 15 is 0 Å². The summed E-state index contributed by atoms with van der Waals surface area (Å²) in [4.78, 5) is 0. The largest absolute Gasteiger partial charge is 0.478 e. The summed E-state index contributed by atoms with van der Waals surface area (Å²) in [5, 5.41) is 7.75. The topological polar surface area (TPSA) is 20.2 Å². The monoisotopic (exact) mass is 57.0 g/mol. The summed E-state index contributed by atoms with van der Waals surface area (Å²) < 4.78 is 0. The van der Waals surface area contributed by atoms with Gasteiger partial charge in [0.05, 0.1) is 13.5 Å². The molecule has 1 heteroatoms. The smallest absolute Gasteiger partial charge is 0.267 e. The average Bonchev–Trinajstić information content (AvgIpc) is 0.811. The molecule has 0 aliphatic carbocycles. The van der Waals surface area contributed by atoms with E-state index in [9.17, 15) is 0 Å². The zero-order valence-electron chi connectivity index (χ0n) is 2.36. The molecule has 0 aliphatic heterocycles. The first-order chi connectivity index (χ1) is 1.73.